The normalized spacial score (nSPS) is 15.1. The highest BCUT2D eigenvalue weighted by Crippen LogP contribution is 2.24. The molecule has 0 atom stereocenters. The summed E-state index contributed by atoms with van der Waals surface area (Å²) in [4.78, 5) is 15.0. The number of esters is 1. The number of nitrogens with zero attached hydrogens (tertiary/aromatic N) is 1. The first-order chi connectivity index (χ1) is 12.8. The molecule has 0 bridgehead atoms. The quantitative estimate of drug-likeness (QED) is 0.611. The first-order valence-electron chi connectivity index (χ1n) is 8.89. The number of aromatic nitrogens is 1. The van der Waals surface area contributed by atoms with Gasteiger partial charge in [0, 0.05) is 28.7 Å². The molecule has 0 unspecified atom stereocenters. The van der Waals surface area contributed by atoms with E-state index in [-0.39, 0.29) is 10.9 Å². The first kappa shape index (κ1) is 21.6. The lowest BCUT2D eigenvalue weighted by molar-refractivity contribution is -0.141. The number of hydrogen-bond acceptors (Lipinski definition) is 6. The maximum atomic E-state index is 11.3. The van der Waals surface area contributed by atoms with Crippen LogP contribution in [0.15, 0.2) is 35.4 Å². The number of rotatable bonds is 4. The lowest BCUT2D eigenvalue weighted by Crippen LogP contribution is -2.28. The van der Waals surface area contributed by atoms with E-state index < -0.39 is 9.05 Å². The van der Waals surface area contributed by atoms with Crippen molar-refractivity contribution in [2.24, 2.45) is 5.92 Å². The second-order valence-electron chi connectivity index (χ2n) is 6.59. The number of piperidine rings is 1. The highest BCUT2D eigenvalue weighted by molar-refractivity contribution is 8.14. The predicted octanol–water partition coefficient (Wildman–Crippen LogP) is 3.41. The summed E-state index contributed by atoms with van der Waals surface area (Å²) in [6, 6.07) is 6.78. The maximum absolute atomic E-state index is 11.3. The van der Waals surface area contributed by atoms with Crippen LogP contribution in [0.5, 0.6) is 0 Å². The zero-order valence-corrected chi connectivity index (χ0v) is 17.1. The minimum absolute atomic E-state index is 0.0571. The van der Waals surface area contributed by atoms with Gasteiger partial charge in [-0.3, -0.25) is 9.78 Å². The molecule has 1 aliphatic heterocycles. The third kappa shape index (κ3) is 6.75. The number of hydrogen-bond donors (Lipinski definition) is 1. The van der Waals surface area contributed by atoms with E-state index in [9.17, 15) is 13.2 Å². The Kier molecular flexibility index (Phi) is 8.01. The lowest BCUT2D eigenvalue weighted by Gasteiger charge is -2.21. The fourth-order valence-electron chi connectivity index (χ4n) is 3.03. The van der Waals surface area contributed by atoms with Crippen molar-refractivity contribution in [1.29, 1.82) is 0 Å². The van der Waals surface area contributed by atoms with E-state index in [1.807, 2.05) is 13.0 Å². The van der Waals surface area contributed by atoms with Crippen molar-refractivity contribution in [3.8, 4) is 0 Å². The molecule has 27 heavy (non-hydrogen) atoms. The van der Waals surface area contributed by atoms with Crippen LogP contribution in [0.2, 0.25) is 0 Å². The van der Waals surface area contributed by atoms with Gasteiger partial charge in [0.15, 0.2) is 0 Å². The number of fused-ring (bicyclic) bond motifs is 1. The summed E-state index contributed by atoms with van der Waals surface area (Å²) in [5, 5.41) is 4.07. The third-order valence-corrected chi connectivity index (χ3v) is 5.87. The molecule has 1 fully saturated rings. The molecule has 0 amide bonds. The van der Waals surface area contributed by atoms with E-state index in [1.54, 1.807) is 18.3 Å². The van der Waals surface area contributed by atoms with Crippen molar-refractivity contribution in [3.63, 3.8) is 0 Å². The smallest absolute Gasteiger partial charge is 0.305 e. The number of ether oxygens (including phenoxy) is 1. The predicted molar refractivity (Wildman–Crippen MR) is 106 cm³/mol. The van der Waals surface area contributed by atoms with Gasteiger partial charge in [-0.15, -0.1) is 0 Å². The zero-order chi connectivity index (χ0) is 19.9. The van der Waals surface area contributed by atoms with Crippen molar-refractivity contribution >= 4 is 36.6 Å². The van der Waals surface area contributed by atoms with Crippen LogP contribution in [0.4, 0.5) is 0 Å². The number of carbonyl (C=O) groups is 1. The molecule has 1 N–H and O–H groups in total. The van der Waals surface area contributed by atoms with Crippen LogP contribution in [-0.4, -0.2) is 39.6 Å². The van der Waals surface area contributed by atoms with E-state index in [0.29, 0.717) is 11.9 Å². The van der Waals surface area contributed by atoms with Crippen LogP contribution < -0.4 is 5.32 Å². The molecule has 0 radical (unpaired) electrons. The molecule has 1 aliphatic rings. The second-order valence-corrected chi connectivity index (χ2v) is 9.12. The average molecular weight is 413 g/mol. The summed E-state index contributed by atoms with van der Waals surface area (Å²) < 4.78 is 27.1. The molecule has 148 valence electrons. The highest BCUT2D eigenvalue weighted by atomic mass is 35.7. The van der Waals surface area contributed by atoms with Crippen LogP contribution >= 0.6 is 10.7 Å². The Bertz CT molecular complexity index is 880. The molecule has 2 heterocycles. The Morgan fingerprint density at radius 1 is 1.33 bits per heavy atom. The molecule has 6 nitrogen and oxygen atoms in total. The number of para-hydroxylation sites is 1. The Morgan fingerprint density at radius 2 is 2.04 bits per heavy atom. The molecule has 1 aromatic carbocycles. The van der Waals surface area contributed by atoms with Crippen molar-refractivity contribution in [3.05, 3.63) is 36.0 Å². The maximum Gasteiger partial charge on any atom is 0.305 e. The van der Waals surface area contributed by atoms with E-state index in [4.69, 9.17) is 10.7 Å². The van der Waals surface area contributed by atoms with E-state index in [0.717, 1.165) is 36.4 Å². The zero-order valence-electron chi connectivity index (χ0n) is 15.6. The Balaban J connectivity index is 0.000000199. The summed E-state index contributed by atoms with van der Waals surface area (Å²) in [6.45, 7) is 4.10. The molecule has 0 spiro atoms. The minimum atomic E-state index is -3.73. The number of methoxy groups -OCH3 is 1. The summed E-state index contributed by atoms with van der Waals surface area (Å²) in [5.74, 6) is 0.652. The topological polar surface area (TPSA) is 85.4 Å². The van der Waals surface area contributed by atoms with Gasteiger partial charge in [-0.05, 0) is 62.9 Å². The number of benzene rings is 1. The monoisotopic (exact) mass is 412 g/mol. The summed E-state index contributed by atoms with van der Waals surface area (Å²) >= 11 is 0. The molecule has 1 saturated heterocycles. The lowest BCUT2D eigenvalue weighted by atomic mass is 9.93. The highest BCUT2D eigenvalue weighted by Gasteiger charge is 2.15. The minimum Gasteiger partial charge on any atom is -0.469 e. The molecule has 0 saturated carbocycles. The number of halogens is 1. The van der Waals surface area contributed by atoms with Gasteiger partial charge in [0.2, 0.25) is 0 Å². The Morgan fingerprint density at radius 3 is 2.67 bits per heavy atom. The number of aryl methyl sites for hydroxylation is 1. The van der Waals surface area contributed by atoms with Gasteiger partial charge in [0.05, 0.1) is 12.6 Å². The molecule has 0 aliphatic carbocycles. The van der Waals surface area contributed by atoms with Gasteiger partial charge in [-0.25, -0.2) is 8.42 Å². The summed E-state index contributed by atoms with van der Waals surface area (Å²) in [6.07, 6.45) is 5.61. The van der Waals surface area contributed by atoms with Crippen molar-refractivity contribution < 1.29 is 17.9 Å². The number of carbonyl (C=O) groups excluding carboxylic acids is 1. The van der Waals surface area contributed by atoms with Gasteiger partial charge in [-0.2, -0.15) is 0 Å². The third-order valence-electron chi connectivity index (χ3n) is 4.52. The van der Waals surface area contributed by atoms with Crippen LogP contribution in [0.25, 0.3) is 10.9 Å². The Hall–Kier alpha value is -1.70. The van der Waals surface area contributed by atoms with Gasteiger partial charge in [-0.1, -0.05) is 12.1 Å². The van der Waals surface area contributed by atoms with Gasteiger partial charge in [0.1, 0.15) is 4.90 Å². The van der Waals surface area contributed by atoms with Crippen LogP contribution in [0.1, 0.15) is 31.2 Å². The average Bonchev–Trinajstić information content (AvgIpc) is 2.66. The van der Waals surface area contributed by atoms with Gasteiger partial charge >= 0.3 is 5.97 Å². The SMILES string of the molecule is COC(=O)CCC1CCNCC1.Cc1cnc2c(S(=O)(=O)Cl)cccc2c1. The van der Waals surface area contributed by atoms with E-state index in [2.05, 4.69) is 15.0 Å². The van der Waals surface area contributed by atoms with Crippen molar-refractivity contribution in [2.75, 3.05) is 20.2 Å². The molecule has 1 aromatic heterocycles. The summed E-state index contributed by atoms with van der Waals surface area (Å²) in [7, 11) is 3.03. The van der Waals surface area contributed by atoms with Crippen LogP contribution in [0, 0.1) is 12.8 Å². The first-order valence-corrected chi connectivity index (χ1v) is 11.2. The fraction of sp³-hybridized carbons (Fsp3) is 0.474. The van der Waals surface area contributed by atoms with Crippen LogP contribution in [-0.2, 0) is 18.6 Å². The summed E-state index contributed by atoms with van der Waals surface area (Å²) in [5.41, 5.74) is 1.39. The molecular weight excluding hydrogens is 388 g/mol. The van der Waals surface area contributed by atoms with E-state index >= 15 is 0 Å². The fourth-order valence-corrected chi connectivity index (χ4v) is 4.05. The Labute approximate surface area is 164 Å². The second kappa shape index (κ2) is 10.0. The number of pyridine rings is 1. The number of nitrogens with one attached hydrogen (secondary N) is 1. The van der Waals surface area contributed by atoms with E-state index in [1.165, 1.54) is 26.0 Å². The molecule has 8 heteroatoms. The molecule has 2 aromatic rings. The van der Waals surface area contributed by atoms with Crippen LogP contribution in [0.3, 0.4) is 0 Å². The van der Waals surface area contributed by atoms with Gasteiger partial charge in [0.25, 0.3) is 9.05 Å². The molecule has 3 rings (SSSR count). The van der Waals surface area contributed by atoms with Gasteiger partial charge < -0.3 is 10.1 Å². The van der Waals surface area contributed by atoms with Crippen molar-refractivity contribution in [2.45, 2.75) is 37.5 Å². The largest absolute Gasteiger partial charge is 0.469 e. The molecular formula is C19H25ClN2O4S. The van der Waals surface area contributed by atoms with Crippen molar-refractivity contribution in [1.82, 2.24) is 10.3 Å². The standard InChI is InChI=1S/C10H8ClNO2S.C9H17NO2/c1-7-5-8-3-2-4-9(15(11,13)14)10(8)12-6-7;1-12-9(11)3-2-8-4-6-10-7-5-8/h2-6H,1H3;8,10H,2-7H2,1H3.